The molecule has 0 amide bonds. The number of aromatic nitrogens is 1. The summed E-state index contributed by atoms with van der Waals surface area (Å²) in [5.41, 5.74) is 3.62. The fourth-order valence-corrected chi connectivity index (χ4v) is 2.65. The molecule has 4 heteroatoms. The van der Waals surface area contributed by atoms with Crippen LogP contribution in [0.5, 0.6) is 0 Å². The van der Waals surface area contributed by atoms with Gasteiger partial charge in [-0.15, -0.1) is 0 Å². The maximum atomic E-state index is 9.39. The fraction of sp³-hybridized carbons (Fsp3) is 0.389. The van der Waals surface area contributed by atoms with Gasteiger partial charge in [-0.25, -0.2) is 0 Å². The minimum atomic E-state index is -1.44. The highest BCUT2D eigenvalue weighted by atomic mass is 16.4. The molecule has 0 spiro atoms. The quantitative estimate of drug-likeness (QED) is 0.582. The third-order valence-electron chi connectivity index (χ3n) is 3.92. The molecular weight excluding hydrogens is 273 g/mol. The van der Waals surface area contributed by atoms with E-state index in [1.54, 1.807) is 12.3 Å². The van der Waals surface area contributed by atoms with E-state index in [9.17, 15) is 10.0 Å². The van der Waals surface area contributed by atoms with Crippen molar-refractivity contribution in [1.29, 1.82) is 0 Å². The topological polar surface area (TPSA) is 53.4 Å². The summed E-state index contributed by atoms with van der Waals surface area (Å²) in [5, 5.41) is 18.8. The van der Waals surface area contributed by atoms with Crippen molar-refractivity contribution in [3.8, 4) is 11.3 Å². The molecule has 0 unspecified atom stereocenters. The molecule has 22 heavy (non-hydrogen) atoms. The van der Waals surface area contributed by atoms with E-state index in [2.05, 4.69) is 11.9 Å². The summed E-state index contributed by atoms with van der Waals surface area (Å²) in [7, 11) is -1.44. The number of nitrogens with zero attached hydrogens (tertiary/aromatic N) is 1. The zero-order chi connectivity index (χ0) is 15.8. The van der Waals surface area contributed by atoms with E-state index in [1.165, 1.54) is 31.2 Å². The lowest BCUT2D eigenvalue weighted by Gasteiger charge is -2.11. The van der Waals surface area contributed by atoms with Crippen molar-refractivity contribution in [2.24, 2.45) is 0 Å². The SMILES string of the molecule is CCCCCCCc1ccc(B(O)O)cc1-c1ccccn1. The van der Waals surface area contributed by atoms with E-state index in [0.29, 0.717) is 5.46 Å². The van der Waals surface area contributed by atoms with Crippen LogP contribution in [0, 0.1) is 0 Å². The second-order valence-electron chi connectivity index (χ2n) is 5.67. The van der Waals surface area contributed by atoms with Crippen LogP contribution < -0.4 is 5.46 Å². The van der Waals surface area contributed by atoms with Gasteiger partial charge < -0.3 is 10.0 Å². The van der Waals surface area contributed by atoms with E-state index < -0.39 is 7.12 Å². The molecule has 0 atom stereocenters. The molecule has 0 bridgehead atoms. The summed E-state index contributed by atoms with van der Waals surface area (Å²) >= 11 is 0. The molecule has 0 aliphatic rings. The Morgan fingerprint density at radius 3 is 2.50 bits per heavy atom. The summed E-state index contributed by atoms with van der Waals surface area (Å²) in [6, 6.07) is 11.4. The molecule has 116 valence electrons. The Kier molecular flexibility index (Phi) is 6.62. The largest absolute Gasteiger partial charge is 0.488 e. The molecule has 0 aliphatic carbocycles. The summed E-state index contributed by atoms with van der Waals surface area (Å²) in [5.74, 6) is 0. The predicted octanol–water partition coefficient (Wildman–Crippen LogP) is 2.94. The van der Waals surface area contributed by atoms with Gasteiger partial charge in [0, 0.05) is 11.8 Å². The monoisotopic (exact) mass is 297 g/mol. The Hall–Kier alpha value is -1.65. The van der Waals surface area contributed by atoms with Crippen LogP contribution >= 0.6 is 0 Å². The zero-order valence-electron chi connectivity index (χ0n) is 13.2. The van der Waals surface area contributed by atoms with E-state index in [0.717, 1.165) is 24.1 Å². The lowest BCUT2D eigenvalue weighted by molar-refractivity contribution is 0.426. The molecule has 1 heterocycles. The Morgan fingerprint density at radius 2 is 1.82 bits per heavy atom. The molecule has 2 rings (SSSR count). The summed E-state index contributed by atoms with van der Waals surface area (Å²) < 4.78 is 0. The van der Waals surface area contributed by atoms with Gasteiger partial charge in [-0.1, -0.05) is 56.9 Å². The number of hydrogen-bond acceptors (Lipinski definition) is 3. The average Bonchev–Trinajstić information content (AvgIpc) is 2.55. The highest BCUT2D eigenvalue weighted by Gasteiger charge is 2.14. The first-order valence-electron chi connectivity index (χ1n) is 8.12. The molecule has 0 aliphatic heterocycles. The Bertz CT molecular complexity index is 573. The fourth-order valence-electron chi connectivity index (χ4n) is 2.65. The van der Waals surface area contributed by atoms with Crippen LogP contribution in [0.1, 0.15) is 44.6 Å². The summed E-state index contributed by atoms with van der Waals surface area (Å²) in [4.78, 5) is 4.40. The van der Waals surface area contributed by atoms with Crippen LogP contribution in [-0.4, -0.2) is 22.2 Å². The molecular formula is C18H24BNO2. The standard InChI is InChI=1S/C18H24BNO2/c1-2-3-4-5-6-9-15-11-12-16(19(21)22)14-17(15)18-10-7-8-13-20-18/h7-8,10-14,21-22H,2-6,9H2,1H3. The zero-order valence-corrected chi connectivity index (χ0v) is 13.2. The number of rotatable bonds is 8. The van der Waals surface area contributed by atoms with Gasteiger partial charge in [-0.05, 0) is 36.0 Å². The first-order chi connectivity index (χ1) is 10.7. The van der Waals surface area contributed by atoms with Crippen LogP contribution in [0.2, 0.25) is 0 Å². The highest BCUT2D eigenvalue weighted by Crippen LogP contribution is 2.22. The molecule has 0 fully saturated rings. The van der Waals surface area contributed by atoms with Gasteiger partial charge in [0.1, 0.15) is 0 Å². The molecule has 2 N–H and O–H groups in total. The van der Waals surface area contributed by atoms with Crippen LogP contribution in [0.3, 0.4) is 0 Å². The van der Waals surface area contributed by atoms with Crippen LogP contribution in [0.15, 0.2) is 42.6 Å². The van der Waals surface area contributed by atoms with E-state index in [1.807, 2.05) is 30.3 Å². The number of unbranched alkanes of at least 4 members (excludes halogenated alkanes) is 4. The first-order valence-corrected chi connectivity index (χ1v) is 8.12. The van der Waals surface area contributed by atoms with Crippen molar-refractivity contribution in [2.75, 3.05) is 0 Å². The minimum absolute atomic E-state index is 0.510. The normalized spacial score (nSPS) is 10.7. The van der Waals surface area contributed by atoms with Gasteiger partial charge in [-0.2, -0.15) is 0 Å². The smallest absolute Gasteiger partial charge is 0.423 e. The Morgan fingerprint density at radius 1 is 1.00 bits per heavy atom. The van der Waals surface area contributed by atoms with Gasteiger partial charge in [-0.3, -0.25) is 4.98 Å². The lowest BCUT2D eigenvalue weighted by atomic mass is 9.78. The third-order valence-corrected chi connectivity index (χ3v) is 3.92. The van der Waals surface area contributed by atoms with Crippen molar-refractivity contribution in [2.45, 2.75) is 45.4 Å². The van der Waals surface area contributed by atoms with Gasteiger partial charge in [0.15, 0.2) is 0 Å². The second-order valence-corrected chi connectivity index (χ2v) is 5.67. The van der Waals surface area contributed by atoms with Gasteiger partial charge in [0.25, 0.3) is 0 Å². The molecule has 0 saturated carbocycles. The summed E-state index contributed by atoms with van der Waals surface area (Å²) in [6.45, 7) is 2.22. The van der Waals surface area contributed by atoms with Crippen LogP contribution in [0.25, 0.3) is 11.3 Å². The minimum Gasteiger partial charge on any atom is -0.423 e. The molecule has 0 radical (unpaired) electrons. The highest BCUT2D eigenvalue weighted by molar-refractivity contribution is 6.58. The molecule has 0 saturated heterocycles. The molecule has 3 nitrogen and oxygen atoms in total. The number of benzene rings is 1. The van der Waals surface area contributed by atoms with Crippen molar-refractivity contribution in [3.05, 3.63) is 48.2 Å². The van der Waals surface area contributed by atoms with Crippen molar-refractivity contribution in [1.82, 2.24) is 4.98 Å². The molecule has 1 aromatic heterocycles. The predicted molar refractivity (Wildman–Crippen MR) is 92.0 cm³/mol. The van der Waals surface area contributed by atoms with Crippen molar-refractivity contribution in [3.63, 3.8) is 0 Å². The van der Waals surface area contributed by atoms with E-state index in [4.69, 9.17) is 0 Å². The van der Waals surface area contributed by atoms with Gasteiger partial charge in [0.2, 0.25) is 0 Å². The third kappa shape index (κ3) is 4.68. The van der Waals surface area contributed by atoms with E-state index >= 15 is 0 Å². The van der Waals surface area contributed by atoms with Gasteiger partial charge in [0.05, 0.1) is 5.69 Å². The van der Waals surface area contributed by atoms with Crippen LogP contribution in [0.4, 0.5) is 0 Å². The maximum Gasteiger partial charge on any atom is 0.488 e. The van der Waals surface area contributed by atoms with Crippen LogP contribution in [-0.2, 0) is 6.42 Å². The second kappa shape index (κ2) is 8.71. The van der Waals surface area contributed by atoms with Crippen molar-refractivity contribution < 1.29 is 10.0 Å². The number of hydrogen-bond donors (Lipinski definition) is 2. The maximum absolute atomic E-state index is 9.39. The molecule has 2 aromatic rings. The lowest BCUT2D eigenvalue weighted by Crippen LogP contribution is -2.30. The van der Waals surface area contributed by atoms with Gasteiger partial charge >= 0.3 is 7.12 Å². The number of aryl methyl sites for hydroxylation is 1. The Labute approximate surface area is 133 Å². The molecule has 1 aromatic carbocycles. The first kappa shape index (κ1) is 16.7. The van der Waals surface area contributed by atoms with Crippen molar-refractivity contribution >= 4 is 12.6 Å². The Balaban J connectivity index is 2.17. The van der Waals surface area contributed by atoms with E-state index in [-0.39, 0.29) is 0 Å². The number of pyridine rings is 1. The average molecular weight is 297 g/mol. The summed E-state index contributed by atoms with van der Waals surface area (Å²) in [6.07, 6.45) is 8.98.